The summed E-state index contributed by atoms with van der Waals surface area (Å²) in [6.07, 6.45) is 31.0. The molecule has 0 aromatic rings. The molecule has 27 heavy (non-hydrogen) atoms. The quantitative estimate of drug-likeness (QED) is 0.175. The van der Waals surface area contributed by atoms with Crippen LogP contribution in [0.15, 0.2) is 0 Å². The Kier molecular flexibility index (Phi) is 24.0. The zero-order valence-electron chi connectivity index (χ0n) is 19.3. The Morgan fingerprint density at radius 3 is 1.15 bits per heavy atom. The van der Waals surface area contributed by atoms with Crippen molar-refractivity contribution in [2.24, 2.45) is 5.92 Å². The molecular weight excluding hydrogens is 328 g/mol. The molecule has 164 valence electrons. The van der Waals surface area contributed by atoms with Crippen LogP contribution in [0.2, 0.25) is 0 Å². The number of rotatable bonds is 23. The van der Waals surface area contributed by atoms with E-state index in [-0.39, 0.29) is 0 Å². The van der Waals surface area contributed by atoms with E-state index in [1.807, 2.05) is 0 Å². The smallest absolute Gasteiger partial charge is 0.0431 e. The van der Waals surface area contributed by atoms with Crippen molar-refractivity contribution in [3.05, 3.63) is 0 Å². The normalized spacial score (nSPS) is 12.6. The molecule has 0 radical (unpaired) electrons. The van der Waals surface area contributed by atoms with Gasteiger partial charge in [0, 0.05) is 6.61 Å². The van der Waals surface area contributed by atoms with Crippen LogP contribution in [0, 0.1) is 5.92 Å². The second kappa shape index (κ2) is 24.0. The summed E-state index contributed by atoms with van der Waals surface area (Å²) in [5.74, 6) is 1.01. The third kappa shape index (κ3) is 22.1. The Morgan fingerprint density at radius 2 is 0.741 bits per heavy atom. The van der Waals surface area contributed by atoms with E-state index in [4.69, 9.17) is 5.11 Å². The molecule has 0 aliphatic rings. The van der Waals surface area contributed by atoms with Gasteiger partial charge in [-0.1, -0.05) is 149 Å². The number of aliphatic hydroxyl groups is 1. The van der Waals surface area contributed by atoms with Gasteiger partial charge in [0.05, 0.1) is 0 Å². The van der Waals surface area contributed by atoms with Gasteiger partial charge in [-0.15, -0.1) is 0 Å². The van der Waals surface area contributed by atoms with Crippen LogP contribution in [0.5, 0.6) is 0 Å². The molecule has 0 saturated carbocycles. The van der Waals surface area contributed by atoms with E-state index < -0.39 is 0 Å². The van der Waals surface area contributed by atoms with Gasteiger partial charge < -0.3 is 5.11 Å². The molecule has 1 atom stereocenters. The summed E-state index contributed by atoms with van der Waals surface area (Å²) in [5.41, 5.74) is 0. The number of unbranched alkanes of at least 4 members (excludes halogenated alkanes) is 16. The molecule has 0 aromatic heterocycles. The summed E-state index contributed by atoms with van der Waals surface area (Å²) < 4.78 is 0. The monoisotopic (exact) mass is 382 g/mol. The van der Waals surface area contributed by atoms with E-state index in [1.54, 1.807) is 0 Å². The van der Waals surface area contributed by atoms with Crippen LogP contribution in [0.4, 0.5) is 0 Å². The fraction of sp³-hybridized carbons (Fsp3) is 1.00. The van der Waals surface area contributed by atoms with Gasteiger partial charge in [0.15, 0.2) is 0 Å². The highest BCUT2D eigenvalue weighted by Gasteiger charge is 2.08. The van der Waals surface area contributed by atoms with Crippen LogP contribution in [-0.2, 0) is 0 Å². The minimum absolute atomic E-state index is 0.373. The minimum atomic E-state index is 0.373. The topological polar surface area (TPSA) is 20.2 Å². The van der Waals surface area contributed by atoms with Gasteiger partial charge in [0.2, 0.25) is 0 Å². The van der Waals surface area contributed by atoms with E-state index in [0.717, 1.165) is 12.3 Å². The molecule has 0 fully saturated rings. The second-order valence-electron chi connectivity index (χ2n) is 8.97. The molecule has 0 bridgehead atoms. The first-order chi connectivity index (χ1) is 13.3. The molecule has 0 saturated heterocycles. The number of hydrogen-bond donors (Lipinski definition) is 1. The molecular formula is C26H54O. The Balaban J connectivity index is 3.52. The Bertz CT molecular complexity index is 251. The van der Waals surface area contributed by atoms with Crippen LogP contribution in [0.25, 0.3) is 0 Å². The van der Waals surface area contributed by atoms with Gasteiger partial charge in [0.1, 0.15) is 0 Å². The lowest BCUT2D eigenvalue weighted by Crippen LogP contribution is -2.01. The summed E-state index contributed by atoms with van der Waals surface area (Å²) in [6, 6.07) is 0. The molecule has 0 rings (SSSR count). The maximum atomic E-state index is 8.81. The van der Waals surface area contributed by atoms with E-state index >= 15 is 0 Å². The predicted molar refractivity (Wildman–Crippen MR) is 123 cm³/mol. The van der Waals surface area contributed by atoms with E-state index in [9.17, 15) is 0 Å². The molecule has 0 heterocycles. The zero-order valence-corrected chi connectivity index (χ0v) is 19.3. The van der Waals surface area contributed by atoms with Crippen LogP contribution >= 0.6 is 0 Å². The standard InChI is InChI=1S/C26H54O/c1-3-5-7-8-9-10-11-13-16-19-23-26(22-6-4-2)24-20-17-14-12-15-18-21-25-27/h26-27H,3-25H2,1-2H3. The van der Waals surface area contributed by atoms with Crippen molar-refractivity contribution in [1.82, 2.24) is 0 Å². The maximum Gasteiger partial charge on any atom is 0.0431 e. The second-order valence-corrected chi connectivity index (χ2v) is 8.97. The fourth-order valence-electron chi connectivity index (χ4n) is 4.27. The zero-order chi connectivity index (χ0) is 19.8. The van der Waals surface area contributed by atoms with Crippen LogP contribution in [-0.4, -0.2) is 11.7 Å². The first kappa shape index (κ1) is 27.0. The van der Waals surface area contributed by atoms with Crippen molar-refractivity contribution in [3.8, 4) is 0 Å². The lowest BCUT2D eigenvalue weighted by Gasteiger charge is -2.16. The average molecular weight is 383 g/mol. The molecule has 1 heteroatoms. The van der Waals surface area contributed by atoms with Crippen molar-refractivity contribution in [1.29, 1.82) is 0 Å². The lowest BCUT2D eigenvalue weighted by molar-refractivity contribution is 0.282. The summed E-state index contributed by atoms with van der Waals surface area (Å²) >= 11 is 0. The van der Waals surface area contributed by atoms with Crippen molar-refractivity contribution >= 4 is 0 Å². The Hall–Kier alpha value is -0.0400. The molecule has 1 unspecified atom stereocenters. The van der Waals surface area contributed by atoms with Gasteiger partial charge in [0.25, 0.3) is 0 Å². The highest BCUT2D eigenvalue weighted by molar-refractivity contribution is 4.61. The molecule has 1 N–H and O–H groups in total. The van der Waals surface area contributed by atoms with Gasteiger partial charge in [-0.3, -0.25) is 0 Å². The minimum Gasteiger partial charge on any atom is -0.396 e. The number of hydrogen-bond acceptors (Lipinski definition) is 1. The summed E-state index contributed by atoms with van der Waals surface area (Å²) in [4.78, 5) is 0. The maximum absolute atomic E-state index is 8.81. The largest absolute Gasteiger partial charge is 0.396 e. The highest BCUT2D eigenvalue weighted by atomic mass is 16.2. The molecule has 0 aliphatic carbocycles. The van der Waals surface area contributed by atoms with Crippen molar-refractivity contribution < 1.29 is 5.11 Å². The first-order valence-electron chi connectivity index (χ1n) is 13.0. The van der Waals surface area contributed by atoms with E-state index in [2.05, 4.69) is 13.8 Å². The van der Waals surface area contributed by atoms with E-state index in [0.29, 0.717) is 6.61 Å². The van der Waals surface area contributed by atoms with Gasteiger partial charge >= 0.3 is 0 Å². The Labute approximate surface area is 173 Å². The van der Waals surface area contributed by atoms with Crippen molar-refractivity contribution in [3.63, 3.8) is 0 Å². The summed E-state index contributed by atoms with van der Waals surface area (Å²) in [6.45, 7) is 5.01. The average Bonchev–Trinajstić information content (AvgIpc) is 2.68. The molecule has 0 amide bonds. The van der Waals surface area contributed by atoms with Crippen LogP contribution in [0.3, 0.4) is 0 Å². The lowest BCUT2D eigenvalue weighted by atomic mass is 9.90. The van der Waals surface area contributed by atoms with Crippen LogP contribution < -0.4 is 0 Å². The summed E-state index contributed by atoms with van der Waals surface area (Å²) in [7, 11) is 0. The molecule has 0 aromatic carbocycles. The SMILES string of the molecule is CCCCCCCCCCCCC(CCCC)CCCCCCCCCO. The fourth-order valence-corrected chi connectivity index (χ4v) is 4.27. The first-order valence-corrected chi connectivity index (χ1v) is 13.0. The van der Waals surface area contributed by atoms with E-state index in [1.165, 1.54) is 135 Å². The molecule has 1 nitrogen and oxygen atoms in total. The predicted octanol–water partition coefficient (Wildman–Crippen LogP) is 9.22. The van der Waals surface area contributed by atoms with Gasteiger partial charge in [-0.05, 0) is 12.3 Å². The molecule has 0 spiro atoms. The summed E-state index contributed by atoms with van der Waals surface area (Å²) in [5, 5.41) is 8.81. The molecule has 0 aliphatic heterocycles. The van der Waals surface area contributed by atoms with Gasteiger partial charge in [-0.25, -0.2) is 0 Å². The third-order valence-electron chi connectivity index (χ3n) is 6.20. The van der Waals surface area contributed by atoms with Crippen molar-refractivity contribution in [2.75, 3.05) is 6.61 Å². The van der Waals surface area contributed by atoms with Crippen LogP contribution in [0.1, 0.15) is 155 Å². The Morgan fingerprint density at radius 1 is 0.407 bits per heavy atom. The third-order valence-corrected chi connectivity index (χ3v) is 6.20. The highest BCUT2D eigenvalue weighted by Crippen LogP contribution is 2.24. The van der Waals surface area contributed by atoms with Gasteiger partial charge in [-0.2, -0.15) is 0 Å². The number of aliphatic hydroxyl groups excluding tert-OH is 1. The van der Waals surface area contributed by atoms with Crippen molar-refractivity contribution in [2.45, 2.75) is 155 Å².